The Morgan fingerprint density at radius 1 is 1.35 bits per heavy atom. The van der Waals surface area contributed by atoms with Gasteiger partial charge in [-0.05, 0) is 44.6 Å². The van der Waals surface area contributed by atoms with Crippen molar-refractivity contribution in [1.29, 1.82) is 0 Å². The van der Waals surface area contributed by atoms with Gasteiger partial charge in [0.15, 0.2) is 0 Å². The van der Waals surface area contributed by atoms with Crippen molar-refractivity contribution in [2.24, 2.45) is 0 Å². The normalized spacial score (nSPS) is 12.6. The molecule has 0 radical (unpaired) electrons. The van der Waals surface area contributed by atoms with Gasteiger partial charge in [0.25, 0.3) is 0 Å². The van der Waals surface area contributed by atoms with E-state index < -0.39 is 5.97 Å². The number of rotatable bonds is 9. The highest BCUT2D eigenvalue weighted by atomic mass is 16.4. The molecule has 0 aliphatic heterocycles. The Morgan fingerprint density at radius 2 is 2.00 bits per heavy atom. The molecule has 0 aromatic heterocycles. The van der Waals surface area contributed by atoms with Gasteiger partial charge in [0.1, 0.15) is 0 Å². The smallest absolute Gasteiger partial charge is 0.335 e. The first-order valence-electron chi connectivity index (χ1n) is 7.27. The lowest BCUT2D eigenvalue weighted by molar-refractivity contribution is 0.0697. The van der Waals surface area contributed by atoms with Gasteiger partial charge in [-0.25, -0.2) is 4.79 Å². The molecule has 20 heavy (non-hydrogen) atoms. The van der Waals surface area contributed by atoms with Crippen molar-refractivity contribution in [3.63, 3.8) is 0 Å². The lowest BCUT2D eigenvalue weighted by Crippen LogP contribution is -2.37. The van der Waals surface area contributed by atoms with Gasteiger partial charge in [-0.15, -0.1) is 0 Å². The third-order valence-electron chi connectivity index (χ3n) is 3.33. The van der Waals surface area contributed by atoms with E-state index >= 15 is 0 Å². The number of carbonyl (C=O) groups is 1. The van der Waals surface area contributed by atoms with Crippen LogP contribution in [0.1, 0.15) is 42.6 Å². The number of nitrogens with one attached hydrogen (secondary N) is 1. The molecule has 0 saturated heterocycles. The molecule has 0 aliphatic rings. The lowest BCUT2D eigenvalue weighted by atomic mass is 10.1. The highest BCUT2D eigenvalue weighted by molar-refractivity contribution is 5.87. The number of likely N-dealkylation sites (N-methyl/N-ethyl adjacent to an activating group) is 1. The van der Waals surface area contributed by atoms with E-state index in [1.165, 1.54) is 12.8 Å². The summed E-state index contributed by atoms with van der Waals surface area (Å²) in [5.41, 5.74) is 1.44. The summed E-state index contributed by atoms with van der Waals surface area (Å²) in [6, 6.07) is 7.44. The third-order valence-corrected chi connectivity index (χ3v) is 3.33. The molecule has 1 aromatic carbocycles. The molecule has 4 heteroatoms. The van der Waals surface area contributed by atoms with Crippen LogP contribution in [0.3, 0.4) is 0 Å². The Balaban J connectivity index is 2.33. The molecule has 0 fully saturated rings. The van der Waals surface area contributed by atoms with Crippen molar-refractivity contribution in [1.82, 2.24) is 10.2 Å². The maximum absolute atomic E-state index is 10.8. The van der Waals surface area contributed by atoms with E-state index in [0.717, 1.165) is 25.2 Å². The first-order chi connectivity index (χ1) is 9.52. The summed E-state index contributed by atoms with van der Waals surface area (Å²) in [6.45, 7) is 7.30. The number of unbranched alkanes of at least 4 members (excludes halogenated alkanes) is 1. The molecular formula is C16H26N2O2. The zero-order chi connectivity index (χ0) is 15.0. The summed E-state index contributed by atoms with van der Waals surface area (Å²) in [7, 11) is 2.15. The zero-order valence-corrected chi connectivity index (χ0v) is 12.7. The van der Waals surface area contributed by atoms with Gasteiger partial charge in [-0.3, -0.25) is 0 Å². The summed E-state index contributed by atoms with van der Waals surface area (Å²) in [6.07, 6.45) is 2.46. The zero-order valence-electron chi connectivity index (χ0n) is 12.7. The van der Waals surface area contributed by atoms with Crippen LogP contribution in [-0.2, 0) is 6.54 Å². The van der Waals surface area contributed by atoms with Crippen molar-refractivity contribution in [2.45, 2.75) is 39.3 Å². The van der Waals surface area contributed by atoms with Gasteiger partial charge < -0.3 is 15.3 Å². The van der Waals surface area contributed by atoms with Gasteiger partial charge in [0, 0.05) is 19.1 Å². The standard InChI is InChI=1S/C16H26N2O2/c1-4-5-10-18(3)12-13(2)17-11-14-6-8-15(9-7-14)16(19)20/h6-9,13,17H,4-5,10-12H2,1-3H3,(H,19,20)/t13-/m0/s1. The summed E-state index contributed by atoms with van der Waals surface area (Å²) >= 11 is 0. The van der Waals surface area contributed by atoms with Gasteiger partial charge in [-0.1, -0.05) is 25.5 Å². The molecule has 0 amide bonds. The molecule has 1 atom stereocenters. The molecular weight excluding hydrogens is 252 g/mol. The predicted octanol–water partition coefficient (Wildman–Crippen LogP) is 2.59. The number of hydrogen-bond acceptors (Lipinski definition) is 3. The number of benzene rings is 1. The summed E-state index contributed by atoms with van der Waals surface area (Å²) in [5.74, 6) is -0.879. The fourth-order valence-corrected chi connectivity index (χ4v) is 2.11. The number of carboxylic acid groups (broad SMARTS) is 1. The number of nitrogens with zero attached hydrogens (tertiary/aromatic N) is 1. The second-order valence-electron chi connectivity index (χ2n) is 5.40. The number of carboxylic acids is 1. The van der Waals surface area contributed by atoms with E-state index in [4.69, 9.17) is 5.11 Å². The number of hydrogen-bond donors (Lipinski definition) is 2. The SMILES string of the molecule is CCCCN(C)C[C@H](C)NCc1ccc(C(=O)O)cc1. The monoisotopic (exact) mass is 278 g/mol. The average molecular weight is 278 g/mol. The van der Waals surface area contributed by atoms with Crippen LogP contribution < -0.4 is 5.32 Å². The van der Waals surface area contributed by atoms with Crippen LogP contribution in [-0.4, -0.2) is 42.2 Å². The Morgan fingerprint density at radius 3 is 2.55 bits per heavy atom. The van der Waals surface area contributed by atoms with Crippen LogP contribution in [0.4, 0.5) is 0 Å². The Labute approximate surface area is 121 Å². The van der Waals surface area contributed by atoms with Gasteiger partial charge in [0.2, 0.25) is 0 Å². The Kier molecular flexibility index (Phi) is 7.26. The molecule has 0 unspecified atom stereocenters. The highest BCUT2D eigenvalue weighted by Crippen LogP contribution is 2.05. The maximum Gasteiger partial charge on any atom is 0.335 e. The van der Waals surface area contributed by atoms with Crippen LogP contribution in [0.5, 0.6) is 0 Å². The van der Waals surface area contributed by atoms with E-state index in [1.54, 1.807) is 12.1 Å². The molecule has 0 aliphatic carbocycles. The molecule has 0 bridgehead atoms. The third kappa shape index (κ3) is 6.17. The van der Waals surface area contributed by atoms with E-state index in [1.807, 2.05) is 12.1 Å². The van der Waals surface area contributed by atoms with Crippen LogP contribution in [0.15, 0.2) is 24.3 Å². The Bertz CT molecular complexity index is 403. The molecule has 4 nitrogen and oxygen atoms in total. The van der Waals surface area contributed by atoms with E-state index in [-0.39, 0.29) is 0 Å². The largest absolute Gasteiger partial charge is 0.478 e. The van der Waals surface area contributed by atoms with Crippen molar-refractivity contribution < 1.29 is 9.90 Å². The van der Waals surface area contributed by atoms with Crippen molar-refractivity contribution in [3.8, 4) is 0 Å². The fraction of sp³-hybridized carbons (Fsp3) is 0.562. The summed E-state index contributed by atoms with van der Waals surface area (Å²) in [4.78, 5) is 13.1. The minimum Gasteiger partial charge on any atom is -0.478 e. The van der Waals surface area contributed by atoms with Crippen LogP contribution >= 0.6 is 0 Å². The van der Waals surface area contributed by atoms with Gasteiger partial charge in [-0.2, -0.15) is 0 Å². The number of aromatic carboxylic acids is 1. The predicted molar refractivity (Wildman–Crippen MR) is 82.1 cm³/mol. The highest BCUT2D eigenvalue weighted by Gasteiger charge is 2.06. The van der Waals surface area contributed by atoms with Crippen molar-refractivity contribution in [2.75, 3.05) is 20.1 Å². The molecule has 1 aromatic rings. The van der Waals surface area contributed by atoms with Crippen molar-refractivity contribution in [3.05, 3.63) is 35.4 Å². The fourth-order valence-electron chi connectivity index (χ4n) is 2.11. The Hall–Kier alpha value is -1.39. The van der Waals surface area contributed by atoms with Crippen LogP contribution in [0.2, 0.25) is 0 Å². The van der Waals surface area contributed by atoms with Crippen LogP contribution in [0.25, 0.3) is 0 Å². The quantitative estimate of drug-likeness (QED) is 0.729. The average Bonchev–Trinajstić information content (AvgIpc) is 2.43. The lowest BCUT2D eigenvalue weighted by Gasteiger charge is -2.22. The molecule has 0 heterocycles. The molecule has 0 saturated carbocycles. The summed E-state index contributed by atoms with van der Waals surface area (Å²) in [5, 5.41) is 12.3. The molecule has 1 rings (SSSR count). The second-order valence-corrected chi connectivity index (χ2v) is 5.40. The van der Waals surface area contributed by atoms with Crippen LogP contribution in [0, 0.1) is 0 Å². The minimum absolute atomic E-state index is 0.334. The summed E-state index contributed by atoms with van der Waals surface area (Å²) < 4.78 is 0. The van der Waals surface area contributed by atoms with Gasteiger partial charge >= 0.3 is 5.97 Å². The van der Waals surface area contributed by atoms with Crippen molar-refractivity contribution >= 4 is 5.97 Å². The minimum atomic E-state index is -0.879. The first-order valence-corrected chi connectivity index (χ1v) is 7.27. The topological polar surface area (TPSA) is 52.6 Å². The van der Waals surface area contributed by atoms with E-state index in [2.05, 4.69) is 31.1 Å². The second kappa shape index (κ2) is 8.72. The molecule has 2 N–H and O–H groups in total. The van der Waals surface area contributed by atoms with Gasteiger partial charge in [0.05, 0.1) is 5.56 Å². The van der Waals surface area contributed by atoms with E-state index in [9.17, 15) is 4.79 Å². The molecule has 112 valence electrons. The van der Waals surface area contributed by atoms with E-state index in [0.29, 0.717) is 11.6 Å². The first kappa shape index (κ1) is 16.7. The maximum atomic E-state index is 10.8. The molecule has 0 spiro atoms.